The number of rotatable bonds is 3. The van der Waals surface area contributed by atoms with E-state index in [0.29, 0.717) is 11.0 Å². The lowest BCUT2D eigenvalue weighted by molar-refractivity contribution is 0.601. The summed E-state index contributed by atoms with van der Waals surface area (Å²) in [6.45, 7) is 0. The third-order valence-corrected chi connectivity index (χ3v) is 4.25. The van der Waals surface area contributed by atoms with E-state index in [9.17, 15) is 17.6 Å². The fraction of sp³-hybridized carbons (Fsp3) is 0. The van der Waals surface area contributed by atoms with E-state index in [-0.39, 0.29) is 10.6 Å². The van der Waals surface area contributed by atoms with Crippen LogP contribution >= 0.6 is 0 Å². The van der Waals surface area contributed by atoms with Gasteiger partial charge in [-0.15, -0.1) is 0 Å². The Morgan fingerprint density at radius 3 is 2.52 bits per heavy atom. The Morgan fingerprint density at radius 2 is 1.76 bits per heavy atom. The molecule has 0 saturated heterocycles. The van der Waals surface area contributed by atoms with Crippen LogP contribution in [0.2, 0.25) is 0 Å². The van der Waals surface area contributed by atoms with Crippen LogP contribution in [-0.4, -0.2) is 18.4 Å². The molecule has 0 radical (unpaired) electrons. The molecule has 0 unspecified atom stereocenters. The van der Waals surface area contributed by atoms with Crippen LogP contribution < -0.4 is 10.4 Å². The van der Waals surface area contributed by atoms with Crippen molar-refractivity contribution in [3.63, 3.8) is 0 Å². The predicted octanol–water partition coefficient (Wildman–Crippen LogP) is 1.80. The number of fused-ring (bicyclic) bond motifs is 1. The van der Waals surface area contributed by atoms with Gasteiger partial charge >= 0.3 is 5.69 Å². The van der Waals surface area contributed by atoms with Crippen LogP contribution in [0.1, 0.15) is 0 Å². The van der Waals surface area contributed by atoms with E-state index in [1.807, 2.05) is 0 Å². The summed E-state index contributed by atoms with van der Waals surface area (Å²) < 4.78 is 39.8. The van der Waals surface area contributed by atoms with Crippen molar-refractivity contribution in [3.05, 3.63) is 58.8 Å². The van der Waals surface area contributed by atoms with Crippen LogP contribution in [-0.2, 0) is 10.0 Å². The molecule has 0 atom stereocenters. The summed E-state index contributed by atoms with van der Waals surface area (Å²) in [7, 11) is -3.86. The number of sulfonamides is 1. The summed E-state index contributed by atoms with van der Waals surface area (Å²) in [6, 6.07) is 9.30. The van der Waals surface area contributed by atoms with Crippen LogP contribution in [0.5, 0.6) is 0 Å². The zero-order valence-corrected chi connectivity index (χ0v) is 11.4. The van der Waals surface area contributed by atoms with Crippen molar-refractivity contribution in [2.24, 2.45) is 0 Å². The quantitative estimate of drug-likeness (QED) is 0.688. The largest absolute Gasteiger partial charge is 0.323 e. The highest BCUT2D eigenvalue weighted by Crippen LogP contribution is 2.19. The van der Waals surface area contributed by atoms with Gasteiger partial charge in [-0.3, -0.25) is 4.72 Å². The van der Waals surface area contributed by atoms with Crippen molar-refractivity contribution in [3.8, 4) is 0 Å². The maximum Gasteiger partial charge on any atom is 0.323 e. The fourth-order valence-corrected chi connectivity index (χ4v) is 3.02. The van der Waals surface area contributed by atoms with Gasteiger partial charge in [0.2, 0.25) is 0 Å². The van der Waals surface area contributed by atoms with Gasteiger partial charge in [0.05, 0.1) is 21.6 Å². The lowest BCUT2D eigenvalue weighted by atomic mass is 10.3. The normalized spacial score (nSPS) is 11.7. The SMILES string of the molecule is O=c1[nH]c2ccc(S(=O)(=O)Nc3cccc(F)c3)cc2[nH]1. The van der Waals surface area contributed by atoms with Gasteiger partial charge in [0.25, 0.3) is 10.0 Å². The molecule has 8 heteroatoms. The monoisotopic (exact) mass is 307 g/mol. The zero-order valence-electron chi connectivity index (χ0n) is 10.6. The van der Waals surface area contributed by atoms with Crippen molar-refractivity contribution in [1.29, 1.82) is 0 Å². The maximum atomic E-state index is 13.1. The van der Waals surface area contributed by atoms with Gasteiger partial charge in [-0.25, -0.2) is 17.6 Å². The molecule has 0 bridgehead atoms. The summed E-state index contributed by atoms with van der Waals surface area (Å²) in [4.78, 5) is 16.1. The third-order valence-electron chi connectivity index (χ3n) is 2.87. The molecule has 1 heterocycles. The molecule has 0 aliphatic carbocycles. The summed E-state index contributed by atoms with van der Waals surface area (Å²) in [5.41, 5.74) is 0.585. The second kappa shape index (κ2) is 4.74. The Balaban J connectivity index is 2.01. The van der Waals surface area contributed by atoms with Crippen molar-refractivity contribution in [2.75, 3.05) is 4.72 Å². The van der Waals surface area contributed by atoms with Gasteiger partial charge in [0.15, 0.2) is 0 Å². The smallest absolute Gasteiger partial charge is 0.306 e. The average Bonchev–Trinajstić information content (AvgIpc) is 2.77. The van der Waals surface area contributed by atoms with Crippen molar-refractivity contribution >= 4 is 26.7 Å². The second-order valence-corrected chi connectivity index (χ2v) is 6.08. The minimum atomic E-state index is -3.86. The van der Waals surface area contributed by atoms with Crippen LogP contribution in [0.25, 0.3) is 11.0 Å². The molecule has 0 amide bonds. The first-order valence-electron chi connectivity index (χ1n) is 5.94. The van der Waals surface area contributed by atoms with E-state index in [4.69, 9.17) is 0 Å². The summed E-state index contributed by atoms with van der Waals surface area (Å²) in [6.07, 6.45) is 0. The first-order chi connectivity index (χ1) is 9.94. The highest BCUT2D eigenvalue weighted by atomic mass is 32.2. The predicted molar refractivity (Wildman–Crippen MR) is 76.1 cm³/mol. The van der Waals surface area contributed by atoms with Crippen LogP contribution in [0.4, 0.5) is 10.1 Å². The number of imidazole rings is 1. The topological polar surface area (TPSA) is 94.8 Å². The first-order valence-corrected chi connectivity index (χ1v) is 7.43. The molecular weight excluding hydrogens is 297 g/mol. The summed E-state index contributed by atoms with van der Waals surface area (Å²) >= 11 is 0. The molecule has 0 spiro atoms. The minimum Gasteiger partial charge on any atom is -0.306 e. The molecule has 3 rings (SSSR count). The van der Waals surface area contributed by atoms with Crippen molar-refractivity contribution in [1.82, 2.24) is 9.97 Å². The van der Waals surface area contributed by atoms with E-state index in [1.165, 1.54) is 36.4 Å². The molecule has 2 aromatic carbocycles. The lowest BCUT2D eigenvalue weighted by Gasteiger charge is -2.08. The van der Waals surface area contributed by atoms with E-state index in [0.717, 1.165) is 6.07 Å². The fourth-order valence-electron chi connectivity index (χ4n) is 1.94. The maximum absolute atomic E-state index is 13.1. The lowest BCUT2D eigenvalue weighted by Crippen LogP contribution is -2.13. The van der Waals surface area contributed by atoms with Crippen LogP contribution in [0.3, 0.4) is 0 Å². The Kier molecular flexibility index (Phi) is 3.02. The van der Waals surface area contributed by atoms with Gasteiger partial charge in [-0.2, -0.15) is 0 Å². The van der Waals surface area contributed by atoms with Gasteiger partial charge in [0.1, 0.15) is 5.82 Å². The molecule has 108 valence electrons. The van der Waals surface area contributed by atoms with E-state index >= 15 is 0 Å². The highest BCUT2D eigenvalue weighted by molar-refractivity contribution is 7.92. The number of hydrogen-bond donors (Lipinski definition) is 3. The standard InChI is InChI=1S/C13H10FN3O3S/c14-8-2-1-3-9(6-8)17-21(19,20)10-4-5-11-12(7-10)16-13(18)15-11/h1-7,17H,(H2,15,16,18). The van der Waals surface area contributed by atoms with Crippen LogP contribution in [0, 0.1) is 5.82 Å². The number of benzene rings is 2. The number of H-pyrrole nitrogens is 2. The van der Waals surface area contributed by atoms with E-state index in [2.05, 4.69) is 14.7 Å². The Bertz CT molecular complexity index is 975. The Hall–Kier alpha value is -2.61. The van der Waals surface area contributed by atoms with Gasteiger partial charge in [0, 0.05) is 0 Å². The van der Waals surface area contributed by atoms with Gasteiger partial charge in [-0.1, -0.05) is 6.07 Å². The number of aromatic amines is 2. The summed E-state index contributed by atoms with van der Waals surface area (Å²) in [5.74, 6) is -0.541. The molecule has 0 aliphatic rings. The average molecular weight is 307 g/mol. The summed E-state index contributed by atoms with van der Waals surface area (Å²) in [5, 5.41) is 0. The van der Waals surface area contributed by atoms with Crippen LogP contribution in [0.15, 0.2) is 52.2 Å². The van der Waals surface area contributed by atoms with E-state index < -0.39 is 21.5 Å². The molecule has 21 heavy (non-hydrogen) atoms. The number of hydrogen-bond acceptors (Lipinski definition) is 3. The van der Waals surface area contributed by atoms with Gasteiger partial charge < -0.3 is 9.97 Å². The van der Waals surface area contributed by atoms with Crippen molar-refractivity contribution < 1.29 is 12.8 Å². The number of halogens is 1. The molecule has 1 aromatic heterocycles. The third kappa shape index (κ3) is 2.65. The first kappa shape index (κ1) is 13.4. The molecule has 0 aliphatic heterocycles. The Morgan fingerprint density at radius 1 is 1.00 bits per heavy atom. The highest BCUT2D eigenvalue weighted by Gasteiger charge is 2.15. The van der Waals surface area contributed by atoms with Crippen molar-refractivity contribution in [2.45, 2.75) is 4.90 Å². The Labute approximate surface area is 118 Å². The number of anilines is 1. The minimum absolute atomic E-state index is 0.0329. The molecule has 3 aromatic rings. The van der Waals surface area contributed by atoms with Gasteiger partial charge in [-0.05, 0) is 36.4 Å². The zero-order chi connectivity index (χ0) is 15.0. The molecule has 0 saturated carbocycles. The number of nitrogens with one attached hydrogen (secondary N) is 3. The second-order valence-electron chi connectivity index (χ2n) is 4.40. The molecule has 3 N–H and O–H groups in total. The molecular formula is C13H10FN3O3S. The van der Waals surface area contributed by atoms with E-state index in [1.54, 1.807) is 0 Å². The molecule has 0 fully saturated rings. The number of aromatic nitrogens is 2. The molecule has 6 nitrogen and oxygen atoms in total.